The Morgan fingerprint density at radius 2 is 1.68 bits per heavy atom. The zero-order valence-electron chi connectivity index (χ0n) is 17.4. The Bertz CT molecular complexity index is 1140. The number of carbonyl (C=O) groups excluding carboxylic acids is 1. The number of esters is 1. The Labute approximate surface area is 182 Å². The van der Waals surface area contributed by atoms with Crippen molar-refractivity contribution in [2.45, 2.75) is 13.5 Å². The van der Waals surface area contributed by atoms with Crippen LogP contribution < -0.4 is 4.74 Å². The first kappa shape index (κ1) is 22.5. The molecule has 3 aromatic carbocycles. The third kappa shape index (κ3) is 6.94. The van der Waals surface area contributed by atoms with Gasteiger partial charge in [-0.05, 0) is 59.5 Å². The van der Waals surface area contributed by atoms with Crippen LogP contribution in [0.2, 0.25) is 0 Å². The lowest BCUT2D eigenvalue weighted by Gasteiger charge is -2.12. The Morgan fingerprint density at radius 3 is 2.39 bits per heavy atom. The first-order valence-corrected chi connectivity index (χ1v) is 11.5. The summed E-state index contributed by atoms with van der Waals surface area (Å²) in [5.74, 6) is 0.295. The predicted octanol–water partition coefficient (Wildman–Crippen LogP) is 4.37. The number of benzene rings is 3. The van der Waals surface area contributed by atoms with Gasteiger partial charge in [-0.2, -0.15) is 8.42 Å². The fraction of sp³-hybridized carbons (Fsp3) is 0.208. The first-order chi connectivity index (χ1) is 14.8. The minimum atomic E-state index is -3.49. The number of aryl methyl sites for hydroxylation is 1. The molecule has 0 saturated heterocycles. The highest BCUT2D eigenvalue weighted by Crippen LogP contribution is 2.28. The molecule has 0 amide bonds. The number of carbonyl (C=O) groups is 1. The maximum Gasteiger partial charge on any atom is 0.338 e. The van der Waals surface area contributed by atoms with E-state index < -0.39 is 10.1 Å². The maximum absolute atomic E-state index is 11.9. The fourth-order valence-electron chi connectivity index (χ4n) is 3.01. The van der Waals surface area contributed by atoms with Crippen LogP contribution in [0.15, 0.2) is 72.8 Å². The van der Waals surface area contributed by atoms with Crippen LogP contribution in [0.25, 0.3) is 11.1 Å². The molecule has 0 unspecified atom stereocenters. The second-order valence-corrected chi connectivity index (χ2v) is 8.64. The lowest BCUT2D eigenvalue weighted by atomic mass is 9.99. The smallest absolute Gasteiger partial charge is 0.338 e. The van der Waals surface area contributed by atoms with Gasteiger partial charge in [-0.25, -0.2) is 4.79 Å². The molecular formula is C24H24O6S. The van der Waals surface area contributed by atoms with Gasteiger partial charge in [-0.3, -0.25) is 4.18 Å². The van der Waals surface area contributed by atoms with Crippen molar-refractivity contribution in [3.05, 3.63) is 89.5 Å². The van der Waals surface area contributed by atoms with E-state index >= 15 is 0 Å². The van der Waals surface area contributed by atoms with Crippen LogP contribution in [-0.2, 0) is 25.6 Å². The molecule has 162 valence electrons. The fourth-order valence-corrected chi connectivity index (χ4v) is 3.36. The van der Waals surface area contributed by atoms with Crippen LogP contribution in [0, 0.1) is 6.92 Å². The number of hydrogen-bond acceptors (Lipinski definition) is 6. The van der Waals surface area contributed by atoms with Crippen LogP contribution in [-0.4, -0.2) is 33.9 Å². The van der Waals surface area contributed by atoms with Gasteiger partial charge in [0.1, 0.15) is 19.0 Å². The number of rotatable bonds is 9. The Hall–Kier alpha value is -3.16. The lowest BCUT2D eigenvalue weighted by molar-refractivity contribution is 0.0450. The molecule has 3 rings (SSSR count). The molecule has 0 saturated carbocycles. The molecule has 0 aliphatic rings. The van der Waals surface area contributed by atoms with Gasteiger partial charge in [0.15, 0.2) is 0 Å². The summed E-state index contributed by atoms with van der Waals surface area (Å²) < 4.78 is 38.2. The molecule has 3 aromatic rings. The van der Waals surface area contributed by atoms with Gasteiger partial charge < -0.3 is 9.47 Å². The van der Waals surface area contributed by atoms with E-state index in [9.17, 15) is 13.2 Å². The summed E-state index contributed by atoms with van der Waals surface area (Å²) in [5.41, 5.74) is 4.23. The zero-order chi connectivity index (χ0) is 22.3. The van der Waals surface area contributed by atoms with Crippen molar-refractivity contribution >= 4 is 16.1 Å². The third-order valence-electron chi connectivity index (χ3n) is 4.47. The molecule has 0 atom stereocenters. The van der Waals surface area contributed by atoms with Crippen LogP contribution in [0.4, 0.5) is 0 Å². The highest BCUT2D eigenvalue weighted by Gasteiger charge is 2.08. The zero-order valence-corrected chi connectivity index (χ0v) is 18.2. The molecule has 0 fully saturated rings. The van der Waals surface area contributed by atoms with E-state index in [1.54, 1.807) is 24.3 Å². The van der Waals surface area contributed by atoms with Gasteiger partial charge in [0.05, 0.1) is 18.4 Å². The first-order valence-electron chi connectivity index (χ1n) is 9.71. The average Bonchev–Trinajstić information content (AvgIpc) is 2.75. The topological polar surface area (TPSA) is 78.9 Å². The van der Waals surface area contributed by atoms with E-state index in [2.05, 4.69) is 0 Å². The second kappa shape index (κ2) is 10.2. The van der Waals surface area contributed by atoms with Gasteiger partial charge in [-0.1, -0.05) is 42.5 Å². The van der Waals surface area contributed by atoms with Gasteiger partial charge in [-0.15, -0.1) is 0 Å². The van der Waals surface area contributed by atoms with E-state index in [-0.39, 0.29) is 25.8 Å². The second-order valence-electron chi connectivity index (χ2n) is 6.99. The highest BCUT2D eigenvalue weighted by atomic mass is 32.2. The monoisotopic (exact) mass is 440 g/mol. The van der Waals surface area contributed by atoms with Crippen molar-refractivity contribution < 1.29 is 26.9 Å². The summed E-state index contributed by atoms with van der Waals surface area (Å²) in [5, 5.41) is 0. The lowest BCUT2D eigenvalue weighted by Crippen LogP contribution is -2.12. The molecule has 0 spiro atoms. The normalized spacial score (nSPS) is 11.2. The Balaban J connectivity index is 1.57. The number of ether oxygens (including phenoxy) is 2. The third-order valence-corrected chi connectivity index (χ3v) is 5.02. The van der Waals surface area contributed by atoms with Crippen molar-refractivity contribution in [2.75, 3.05) is 19.5 Å². The van der Waals surface area contributed by atoms with Crippen molar-refractivity contribution in [3.8, 4) is 16.9 Å². The molecule has 0 radical (unpaired) electrons. The van der Waals surface area contributed by atoms with Crippen LogP contribution >= 0.6 is 0 Å². The van der Waals surface area contributed by atoms with Gasteiger partial charge in [0.25, 0.3) is 10.1 Å². The van der Waals surface area contributed by atoms with Crippen LogP contribution in [0.5, 0.6) is 5.75 Å². The molecule has 0 aliphatic carbocycles. The van der Waals surface area contributed by atoms with E-state index in [0.29, 0.717) is 11.3 Å². The molecule has 6 nitrogen and oxygen atoms in total. The highest BCUT2D eigenvalue weighted by molar-refractivity contribution is 7.85. The van der Waals surface area contributed by atoms with Crippen LogP contribution in [0.3, 0.4) is 0 Å². The quantitative estimate of drug-likeness (QED) is 0.279. The molecular weight excluding hydrogens is 416 g/mol. The van der Waals surface area contributed by atoms with E-state index in [1.165, 1.54) is 0 Å². The summed E-state index contributed by atoms with van der Waals surface area (Å²) in [7, 11) is -3.49. The standard InChI is InChI=1S/C24H24O6S/c1-18-15-22(28-13-14-29-24(25)20-8-4-3-5-9-20)11-12-23(18)21-10-6-7-19(16-21)17-30-31(2,26)27/h3-12,15-16H,13-14,17H2,1-2H3. The van der Waals surface area contributed by atoms with Crippen LogP contribution in [0.1, 0.15) is 21.5 Å². The van der Waals surface area contributed by atoms with Crippen molar-refractivity contribution in [1.29, 1.82) is 0 Å². The molecule has 0 N–H and O–H groups in total. The summed E-state index contributed by atoms with van der Waals surface area (Å²) in [6, 6.07) is 22.0. The van der Waals surface area contributed by atoms with E-state index in [0.717, 1.165) is 28.5 Å². The minimum absolute atomic E-state index is 0.00534. The summed E-state index contributed by atoms with van der Waals surface area (Å²) in [6.07, 6.45) is 1.03. The molecule has 31 heavy (non-hydrogen) atoms. The summed E-state index contributed by atoms with van der Waals surface area (Å²) in [6.45, 7) is 2.36. The maximum atomic E-state index is 11.9. The van der Waals surface area contributed by atoms with Gasteiger partial charge in [0.2, 0.25) is 0 Å². The van der Waals surface area contributed by atoms with Gasteiger partial charge >= 0.3 is 5.97 Å². The van der Waals surface area contributed by atoms with Crippen molar-refractivity contribution in [2.24, 2.45) is 0 Å². The van der Waals surface area contributed by atoms with Gasteiger partial charge in [0, 0.05) is 0 Å². The molecule has 0 aromatic heterocycles. The largest absolute Gasteiger partial charge is 0.490 e. The van der Waals surface area contributed by atoms with E-state index in [4.69, 9.17) is 13.7 Å². The van der Waals surface area contributed by atoms with Crippen molar-refractivity contribution in [1.82, 2.24) is 0 Å². The number of hydrogen-bond donors (Lipinski definition) is 0. The molecule has 7 heteroatoms. The Morgan fingerprint density at radius 1 is 0.903 bits per heavy atom. The molecule has 0 bridgehead atoms. The predicted molar refractivity (Wildman–Crippen MR) is 118 cm³/mol. The molecule has 0 heterocycles. The van der Waals surface area contributed by atoms with E-state index in [1.807, 2.05) is 55.5 Å². The summed E-state index contributed by atoms with van der Waals surface area (Å²) in [4.78, 5) is 11.9. The average molecular weight is 441 g/mol. The molecule has 0 aliphatic heterocycles. The minimum Gasteiger partial charge on any atom is -0.490 e. The SMILES string of the molecule is Cc1cc(OCCOC(=O)c2ccccc2)ccc1-c1cccc(COS(C)(=O)=O)c1. The summed E-state index contributed by atoms with van der Waals surface area (Å²) >= 11 is 0. The van der Waals surface area contributed by atoms with Crippen molar-refractivity contribution in [3.63, 3.8) is 0 Å². The Kier molecular flexibility index (Phi) is 7.44.